The number of hydrogen-bond donors (Lipinski definition) is 1. The number of halogens is 1. The molecule has 0 saturated heterocycles. The summed E-state index contributed by atoms with van der Waals surface area (Å²) in [5.41, 5.74) is -0.755. The van der Waals surface area contributed by atoms with E-state index < -0.39 is 16.2 Å². The Morgan fingerprint density at radius 2 is 2.10 bits per heavy atom. The molecular weight excluding hydrogens is 286 g/mol. The Hall–Kier alpha value is -2.41. The molecule has 8 heteroatoms. The van der Waals surface area contributed by atoms with Gasteiger partial charge in [-0.05, 0) is 13.0 Å². The molecule has 0 unspecified atom stereocenters. The molecule has 7 nitrogen and oxygen atoms in total. The molecule has 0 amide bonds. The lowest BCUT2D eigenvalue weighted by atomic mass is 10.1. The first-order chi connectivity index (χ1) is 9.40. The van der Waals surface area contributed by atoms with Crippen molar-refractivity contribution in [2.45, 2.75) is 13.5 Å². The van der Waals surface area contributed by atoms with E-state index in [1.165, 1.54) is 35.9 Å². The van der Waals surface area contributed by atoms with Crippen molar-refractivity contribution >= 4 is 17.3 Å². The summed E-state index contributed by atoms with van der Waals surface area (Å²) >= 11 is 5.96. The Morgan fingerprint density at radius 1 is 1.40 bits per heavy atom. The minimum atomic E-state index is -0.644. The predicted octanol–water partition coefficient (Wildman–Crippen LogP) is 1.45. The number of benzene rings is 1. The third-order valence-electron chi connectivity index (χ3n) is 2.81. The van der Waals surface area contributed by atoms with Crippen LogP contribution in [-0.2, 0) is 6.54 Å². The van der Waals surface area contributed by atoms with E-state index in [9.17, 15) is 19.7 Å². The third-order valence-corrected chi connectivity index (χ3v) is 3.16. The maximum atomic E-state index is 11.7. The van der Waals surface area contributed by atoms with Gasteiger partial charge in [-0.2, -0.15) is 0 Å². The van der Waals surface area contributed by atoms with E-state index in [2.05, 4.69) is 4.98 Å². The lowest BCUT2D eigenvalue weighted by Crippen LogP contribution is -2.31. The molecule has 0 bridgehead atoms. The van der Waals surface area contributed by atoms with Crippen molar-refractivity contribution < 1.29 is 4.92 Å². The molecule has 0 aliphatic carbocycles. The van der Waals surface area contributed by atoms with E-state index in [-0.39, 0.29) is 22.8 Å². The standard InChI is InChI=1S/C12H10ClN3O4/c1-7-5-15(12(18)14-11(7)17)6-8-9(13)3-2-4-10(8)16(19)20/h2-5H,6H2,1H3,(H,14,17,18). The van der Waals surface area contributed by atoms with Crippen molar-refractivity contribution in [3.8, 4) is 0 Å². The monoisotopic (exact) mass is 295 g/mol. The minimum Gasteiger partial charge on any atom is -0.296 e. The molecule has 1 heterocycles. The van der Waals surface area contributed by atoms with Gasteiger partial charge in [0, 0.05) is 17.8 Å². The zero-order chi connectivity index (χ0) is 14.9. The van der Waals surface area contributed by atoms with Gasteiger partial charge in [-0.25, -0.2) is 4.79 Å². The number of aromatic nitrogens is 2. The second-order valence-electron chi connectivity index (χ2n) is 4.19. The quantitative estimate of drug-likeness (QED) is 0.684. The molecule has 1 N–H and O–H groups in total. The second kappa shape index (κ2) is 5.30. The number of H-pyrrole nitrogens is 1. The van der Waals surface area contributed by atoms with Gasteiger partial charge < -0.3 is 0 Å². The van der Waals surface area contributed by atoms with Crippen LogP contribution in [0.3, 0.4) is 0 Å². The largest absolute Gasteiger partial charge is 0.328 e. The van der Waals surface area contributed by atoms with Gasteiger partial charge in [0.25, 0.3) is 11.2 Å². The van der Waals surface area contributed by atoms with E-state index in [0.717, 1.165) is 0 Å². The van der Waals surface area contributed by atoms with Crippen molar-refractivity contribution in [3.63, 3.8) is 0 Å². The number of aromatic amines is 1. The Balaban J connectivity index is 2.56. The molecule has 0 atom stereocenters. The molecule has 104 valence electrons. The van der Waals surface area contributed by atoms with Crippen LogP contribution in [-0.4, -0.2) is 14.5 Å². The summed E-state index contributed by atoms with van der Waals surface area (Å²) in [4.78, 5) is 35.5. The average Bonchev–Trinajstić information content (AvgIpc) is 2.37. The van der Waals surface area contributed by atoms with Crippen LogP contribution in [0.25, 0.3) is 0 Å². The number of nitro benzene ring substituents is 1. The smallest absolute Gasteiger partial charge is 0.296 e. The highest BCUT2D eigenvalue weighted by Crippen LogP contribution is 2.26. The summed E-state index contributed by atoms with van der Waals surface area (Å²) in [6.07, 6.45) is 1.34. The van der Waals surface area contributed by atoms with Gasteiger partial charge in [0.1, 0.15) is 0 Å². The van der Waals surface area contributed by atoms with Gasteiger partial charge in [0.05, 0.1) is 22.1 Å². The maximum absolute atomic E-state index is 11.7. The fourth-order valence-corrected chi connectivity index (χ4v) is 2.01. The number of nitro groups is 1. The van der Waals surface area contributed by atoms with Gasteiger partial charge in [-0.1, -0.05) is 17.7 Å². The van der Waals surface area contributed by atoms with Crippen LogP contribution in [0.4, 0.5) is 5.69 Å². The fraction of sp³-hybridized carbons (Fsp3) is 0.167. The lowest BCUT2D eigenvalue weighted by Gasteiger charge is -2.08. The Labute approximate surface area is 117 Å². The molecular formula is C12H10ClN3O4. The average molecular weight is 296 g/mol. The lowest BCUT2D eigenvalue weighted by molar-refractivity contribution is -0.385. The highest BCUT2D eigenvalue weighted by atomic mass is 35.5. The van der Waals surface area contributed by atoms with Gasteiger partial charge >= 0.3 is 5.69 Å². The number of rotatable bonds is 3. The first-order valence-corrected chi connectivity index (χ1v) is 6.00. The van der Waals surface area contributed by atoms with Crippen molar-refractivity contribution in [2.24, 2.45) is 0 Å². The zero-order valence-corrected chi connectivity index (χ0v) is 11.2. The normalized spacial score (nSPS) is 10.5. The summed E-state index contributed by atoms with van der Waals surface area (Å²) in [7, 11) is 0. The van der Waals surface area contributed by atoms with Crippen LogP contribution >= 0.6 is 11.6 Å². The van der Waals surface area contributed by atoms with Crippen LogP contribution in [0.15, 0.2) is 34.0 Å². The summed E-state index contributed by atoms with van der Waals surface area (Å²) in [6, 6.07) is 4.28. The highest BCUT2D eigenvalue weighted by Gasteiger charge is 2.17. The molecule has 1 aromatic heterocycles. The molecule has 1 aromatic carbocycles. The molecule has 2 rings (SSSR count). The van der Waals surface area contributed by atoms with Crippen LogP contribution in [0.1, 0.15) is 11.1 Å². The Bertz CT molecular complexity index is 794. The van der Waals surface area contributed by atoms with Gasteiger partial charge in [-0.15, -0.1) is 0 Å². The number of aryl methyl sites for hydroxylation is 1. The minimum absolute atomic E-state index is 0.0908. The van der Waals surface area contributed by atoms with E-state index in [1.54, 1.807) is 0 Å². The second-order valence-corrected chi connectivity index (χ2v) is 4.60. The van der Waals surface area contributed by atoms with E-state index in [4.69, 9.17) is 11.6 Å². The number of nitrogens with zero attached hydrogens (tertiary/aromatic N) is 2. The first-order valence-electron chi connectivity index (χ1n) is 5.62. The van der Waals surface area contributed by atoms with E-state index in [1.807, 2.05) is 0 Å². The molecule has 0 aliphatic rings. The molecule has 0 saturated carbocycles. The highest BCUT2D eigenvalue weighted by molar-refractivity contribution is 6.31. The Kier molecular flexibility index (Phi) is 3.71. The summed E-state index contributed by atoms with van der Waals surface area (Å²) in [5.74, 6) is 0. The molecule has 0 spiro atoms. The predicted molar refractivity (Wildman–Crippen MR) is 73.3 cm³/mol. The van der Waals surface area contributed by atoms with Crippen LogP contribution in [0.2, 0.25) is 5.02 Å². The van der Waals surface area contributed by atoms with E-state index in [0.29, 0.717) is 5.56 Å². The van der Waals surface area contributed by atoms with Crippen LogP contribution in [0.5, 0.6) is 0 Å². The van der Waals surface area contributed by atoms with Gasteiger partial charge in [-0.3, -0.25) is 24.5 Å². The summed E-state index contributed by atoms with van der Waals surface area (Å²) in [5, 5.41) is 11.2. The van der Waals surface area contributed by atoms with Crippen LogP contribution < -0.4 is 11.2 Å². The van der Waals surface area contributed by atoms with Crippen molar-refractivity contribution in [1.82, 2.24) is 9.55 Å². The zero-order valence-electron chi connectivity index (χ0n) is 10.4. The maximum Gasteiger partial charge on any atom is 0.328 e. The first kappa shape index (κ1) is 14.0. The van der Waals surface area contributed by atoms with E-state index >= 15 is 0 Å². The molecule has 0 fully saturated rings. The number of hydrogen-bond acceptors (Lipinski definition) is 4. The molecule has 20 heavy (non-hydrogen) atoms. The SMILES string of the molecule is Cc1cn(Cc2c(Cl)cccc2[N+](=O)[O-])c(=O)[nH]c1=O. The summed E-state index contributed by atoms with van der Waals surface area (Å²) < 4.78 is 1.17. The van der Waals surface area contributed by atoms with Gasteiger partial charge in [0.15, 0.2) is 0 Å². The molecule has 2 aromatic rings. The third kappa shape index (κ3) is 2.62. The molecule has 0 aliphatic heterocycles. The van der Waals surface area contributed by atoms with Crippen molar-refractivity contribution in [1.29, 1.82) is 0 Å². The van der Waals surface area contributed by atoms with Crippen molar-refractivity contribution in [2.75, 3.05) is 0 Å². The van der Waals surface area contributed by atoms with Gasteiger partial charge in [0.2, 0.25) is 0 Å². The molecule has 0 radical (unpaired) electrons. The van der Waals surface area contributed by atoms with Crippen molar-refractivity contribution in [3.05, 3.63) is 71.5 Å². The number of nitrogens with one attached hydrogen (secondary N) is 1. The Morgan fingerprint density at radius 3 is 2.75 bits per heavy atom. The topological polar surface area (TPSA) is 98.0 Å². The fourth-order valence-electron chi connectivity index (χ4n) is 1.78. The van der Waals surface area contributed by atoms with Crippen LogP contribution in [0, 0.1) is 17.0 Å². The summed E-state index contributed by atoms with van der Waals surface area (Å²) in [6.45, 7) is 1.45.